The molecule has 162 valence electrons. The molecule has 1 aromatic heterocycles. The number of halogens is 1. The summed E-state index contributed by atoms with van der Waals surface area (Å²) in [6.07, 6.45) is 2.30. The molecule has 1 N–H and O–H groups in total. The van der Waals surface area contributed by atoms with Crippen molar-refractivity contribution in [1.29, 1.82) is 0 Å². The van der Waals surface area contributed by atoms with Crippen molar-refractivity contribution in [3.05, 3.63) is 52.0 Å². The fourth-order valence-corrected chi connectivity index (χ4v) is 5.79. The summed E-state index contributed by atoms with van der Waals surface area (Å²) < 4.78 is 13.1. The Labute approximate surface area is 183 Å². The average Bonchev–Trinajstić information content (AvgIpc) is 3.35. The van der Waals surface area contributed by atoms with E-state index >= 15 is 0 Å². The second-order valence-corrected chi connectivity index (χ2v) is 9.18. The van der Waals surface area contributed by atoms with E-state index in [0.717, 1.165) is 33.9 Å². The number of hydrogen-bond donors (Lipinski definition) is 1. The molecule has 2 saturated heterocycles. The number of benzene rings is 1. The van der Waals surface area contributed by atoms with Crippen molar-refractivity contribution < 1.29 is 18.8 Å². The van der Waals surface area contributed by atoms with Gasteiger partial charge in [0.05, 0.1) is 0 Å². The first kappa shape index (κ1) is 20.0. The van der Waals surface area contributed by atoms with Crippen LogP contribution in [-0.2, 0) is 21.5 Å². The zero-order valence-corrected chi connectivity index (χ0v) is 17.8. The first-order valence-corrected chi connectivity index (χ1v) is 11.4. The van der Waals surface area contributed by atoms with Gasteiger partial charge in [0.15, 0.2) is 0 Å². The van der Waals surface area contributed by atoms with E-state index < -0.39 is 11.6 Å². The Kier molecular flexibility index (Phi) is 4.92. The molecular weight excluding hydrogens is 419 g/mol. The zero-order valence-electron chi connectivity index (χ0n) is 17.0. The SMILES string of the molecule is O=C(CN1C(=O)NC2(CCCc3sccc32)C1=O)N1CCN(c2ccc(F)cc2)CC1. The van der Waals surface area contributed by atoms with Crippen molar-refractivity contribution in [2.24, 2.45) is 0 Å². The lowest BCUT2D eigenvalue weighted by molar-refractivity contribution is -0.139. The van der Waals surface area contributed by atoms with Gasteiger partial charge in [0.25, 0.3) is 5.91 Å². The minimum absolute atomic E-state index is 0.236. The van der Waals surface area contributed by atoms with Gasteiger partial charge in [-0.05, 0) is 55.0 Å². The number of amides is 4. The predicted molar refractivity (Wildman–Crippen MR) is 114 cm³/mol. The van der Waals surface area contributed by atoms with E-state index in [1.165, 1.54) is 12.1 Å². The molecule has 31 heavy (non-hydrogen) atoms. The summed E-state index contributed by atoms with van der Waals surface area (Å²) in [6, 6.07) is 7.71. The lowest BCUT2D eigenvalue weighted by atomic mass is 9.80. The number of imide groups is 1. The third-order valence-electron chi connectivity index (χ3n) is 6.45. The number of hydrogen-bond acceptors (Lipinski definition) is 5. The van der Waals surface area contributed by atoms with Gasteiger partial charge in [-0.1, -0.05) is 0 Å². The van der Waals surface area contributed by atoms with Crippen molar-refractivity contribution >= 4 is 34.9 Å². The van der Waals surface area contributed by atoms with Gasteiger partial charge < -0.3 is 15.1 Å². The second-order valence-electron chi connectivity index (χ2n) is 8.18. The van der Waals surface area contributed by atoms with Crippen LogP contribution < -0.4 is 10.2 Å². The number of rotatable bonds is 3. The normalized spacial score (nSPS) is 23.3. The highest BCUT2D eigenvalue weighted by Gasteiger charge is 2.54. The summed E-state index contributed by atoms with van der Waals surface area (Å²) in [7, 11) is 0. The number of nitrogens with one attached hydrogen (secondary N) is 1. The molecule has 9 heteroatoms. The number of nitrogens with zero attached hydrogens (tertiary/aromatic N) is 3. The van der Waals surface area contributed by atoms with Gasteiger partial charge in [-0.25, -0.2) is 9.18 Å². The molecule has 0 saturated carbocycles. The molecule has 5 rings (SSSR count). The van der Waals surface area contributed by atoms with Crippen LogP contribution in [0.25, 0.3) is 0 Å². The monoisotopic (exact) mass is 442 g/mol. The minimum Gasteiger partial charge on any atom is -0.368 e. The van der Waals surface area contributed by atoms with E-state index in [0.29, 0.717) is 32.6 Å². The van der Waals surface area contributed by atoms with Crippen LogP contribution in [0.15, 0.2) is 35.7 Å². The maximum absolute atomic E-state index is 13.3. The van der Waals surface area contributed by atoms with E-state index in [1.807, 2.05) is 11.4 Å². The summed E-state index contributed by atoms with van der Waals surface area (Å²) >= 11 is 1.60. The van der Waals surface area contributed by atoms with E-state index in [-0.39, 0.29) is 24.2 Å². The highest BCUT2D eigenvalue weighted by Crippen LogP contribution is 2.42. The van der Waals surface area contributed by atoms with Crippen molar-refractivity contribution in [3.63, 3.8) is 0 Å². The third-order valence-corrected chi connectivity index (χ3v) is 7.43. The largest absolute Gasteiger partial charge is 0.368 e. The van der Waals surface area contributed by atoms with Crippen molar-refractivity contribution in [2.45, 2.75) is 24.8 Å². The molecule has 1 unspecified atom stereocenters. The number of fused-ring (bicyclic) bond motifs is 2. The van der Waals surface area contributed by atoms with Crippen molar-refractivity contribution in [2.75, 3.05) is 37.6 Å². The molecule has 2 fully saturated rings. The van der Waals surface area contributed by atoms with Gasteiger partial charge in [0.1, 0.15) is 17.9 Å². The van der Waals surface area contributed by atoms with Crippen LogP contribution in [0.2, 0.25) is 0 Å². The Morgan fingerprint density at radius 1 is 1.10 bits per heavy atom. The molecular formula is C22H23FN4O3S. The maximum Gasteiger partial charge on any atom is 0.325 e. The number of piperazine rings is 1. The summed E-state index contributed by atoms with van der Waals surface area (Å²) in [6.45, 7) is 1.95. The first-order valence-electron chi connectivity index (χ1n) is 10.5. The highest BCUT2D eigenvalue weighted by atomic mass is 32.1. The number of aryl methyl sites for hydroxylation is 1. The van der Waals surface area contributed by atoms with Crippen LogP contribution in [-0.4, -0.2) is 60.4 Å². The number of carbonyl (C=O) groups is 3. The van der Waals surface area contributed by atoms with Crippen molar-refractivity contribution in [3.8, 4) is 0 Å². The van der Waals surface area contributed by atoms with Gasteiger partial charge in [-0.15, -0.1) is 11.3 Å². The van der Waals surface area contributed by atoms with E-state index in [4.69, 9.17) is 0 Å². The fourth-order valence-electron chi connectivity index (χ4n) is 4.79. The molecule has 0 radical (unpaired) electrons. The lowest BCUT2D eigenvalue weighted by Gasteiger charge is -2.36. The summed E-state index contributed by atoms with van der Waals surface area (Å²) in [4.78, 5) is 44.8. The van der Waals surface area contributed by atoms with Crippen LogP contribution in [0.4, 0.5) is 14.9 Å². The topological polar surface area (TPSA) is 73.0 Å². The predicted octanol–water partition coefficient (Wildman–Crippen LogP) is 2.32. The second kappa shape index (κ2) is 7.64. The summed E-state index contributed by atoms with van der Waals surface area (Å²) in [5, 5.41) is 4.84. The first-order chi connectivity index (χ1) is 15.0. The maximum atomic E-state index is 13.3. The van der Waals surface area contributed by atoms with Crippen LogP contribution in [0.1, 0.15) is 23.3 Å². The molecule has 1 spiro atoms. The molecule has 1 atom stereocenters. The number of thiophene rings is 1. The quantitative estimate of drug-likeness (QED) is 0.741. The van der Waals surface area contributed by atoms with E-state index in [1.54, 1.807) is 28.4 Å². The number of anilines is 1. The van der Waals surface area contributed by atoms with E-state index in [2.05, 4.69) is 10.2 Å². The number of urea groups is 1. The fraction of sp³-hybridized carbons (Fsp3) is 0.409. The molecule has 0 bridgehead atoms. The minimum atomic E-state index is -1.02. The average molecular weight is 443 g/mol. The Bertz CT molecular complexity index is 1030. The van der Waals surface area contributed by atoms with Gasteiger partial charge >= 0.3 is 6.03 Å². The zero-order chi connectivity index (χ0) is 21.6. The molecule has 2 aliphatic heterocycles. The highest BCUT2D eigenvalue weighted by molar-refractivity contribution is 7.10. The smallest absolute Gasteiger partial charge is 0.325 e. The van der Waals surface area contributed by atoms with Gasteiger partial charge in [-0.2, -0.15) is 0 Å². The molecule has 2 aromatic rings. The summed E-state index contributed by atoms with van der Waals surface area (Å²) in [5.74, 6) is -0.841. The Balaban J connectivity index is 1.24. The Morgan fingerprint density at radius 2 is 1.84 bits per heavy atom. The molecule has 3 heterocycles. The Hall–Kier alpha value is -2.94. The molecule has 7 nitrogen and oxygen atoms in total. The van der Waals surface area contributed by atoms with Gasteiger partial charge in [0.2, 0.25) is 5.91 Å². The van der Waals surface area contributed by atoms with Crippen LogP contribution in [0.5, 0.6) is 0 Å². The number of carbonyl (C=O) groups excluding carboxylic acids is 3. The van der Waals surface area contributed by atoms with Crippen molar-refractivity contribution in [1.82, 2.24) is 15.1 Å². The van der Waals surface area contributed by atoms with Crippen LogP contribution in [0.3, 0.4) is 0 Å². The molecule has 1 aliphatic carbocycles. The molecule has 4 amide bonds. The molecule has 3 aliphatic rings. The van der Waals surface area contributed by atoms with Crippen LogP contribution >= 0.6 is 11.3 Å². The third kappa shape index (κ3) is 3.37. The van der Waals surface area contributed by atoms with Gasteiger partial charge in [0, 0.05) is 42.3 Å². The standard InChI is InChI=1S/C22H23FN4O3S/c23-15-3-5-16(6-4-15)25-9-11-26(12-10-25)19(28)14-27-20(29)22(24-21(27)30)8-1-2-18-17(22)7-13-31-18/h3-7,13H,1-2,8-12,14H2,(H,24,30). The molecule has 1 aromatic carbocycles. The summed E-state index contributed by atoms with van der Waals surface area (Å²) in [5.41, 5.74) is 0.769. The lowest BCUT2D eigenvalue weighted by Crippen LogP contribution is -2.52. The Morgan fingerprint density at radius 3 is 2.58 bits per heavy atom. The van der Waals surface area contributed by atoms with Gasteiger partial charge in [-0.3, -0.25) is 14.5 Å². The van der Waals surface area contributed by atoms with Crippen LogP contribution in [0, 0.1) is 5.82 Å². The van der Waals surface area contributed by atoms with E-state index in [9.17, 15) is 18.8 Å².